The average Bonchev–Trinajstić information content (AvgIpc) is 3.51. The first-order valence-electron chi connectivity index (χ1n) is 11.2. The summed E-state index contributed by atoms with van der Waals surface area (Å²) in [5, 5.41) is 14.9. The van der Waals surface area contributed by atoms with Crippen LogP contribution in [0.15, 0.2) is 45.6 Å². The van der Waals surface area contributed by atoms with Crippen LogP contribution in [0.2, 0.25) is 0 Å². The number of fused-ring (bicyclic) bond motifs is 1. The summed E-state index contributed by atoms with van der Waals surface area (Å²) in [6.07, 6.45) is 3.50. The van der Waals surface area contributed by atoms with Gasteiger partial charge in [0.25, 0.3) is 5.91 Å². The molecule has 10 nitrogen and oxygen atoms in total. The molecule has 3 heterocycles. The van der Waals surface area contributed by atoms with Gasteiger partial charge in [0.15, 0.2) is 16.7 Å². The maximum absolute atomic E-state index is 13.1. The summed E-state index contributed by atoms with van der Waals surface area (Å²) in [7, 11) is 1.60. The Morgan fingerprint density at radius 3 is 2.50 bits per heavy atom. The molecule has 176 valence electrons. The third-order valence-corrected chi connectivity index (χ3v) is 5.98. The first kappa shape index (κ1) is 21.7. The van der Waals surface area contributed by atoms with Crippen LogP contribution in [-0.4, -0.2) is 41.6 Å². The summed E-state index contributed by atoms with van der Waals surface area (Å²) in [4.78, 5) is 15.4. The largest absolute Gasteiger partial charge is 0.497 e. The number of hydrogen-bond donors (Lipinski definition) is 1. The third kappa shape index (κ3) is 4.26. The summed E-state index contributed by atoms with van der Waals surface area (Å²) in [6, 6.07) is 10.9. The van der Waals surface area contributed by atoms with Gasteiger partial charge in [-0.2, -0.15) is 0 Å². The number of nitrogens with zero attached hydrogens (tertiary/aromatic N) is 4. The predicted molar refractivity (Wildman–Crippen MR) is 124 cm³/mol. The minimum Gasteiger partial charge on any atom is -0.497 e. The predicted octanol–water partition coefficient (Wildman–Crippen LogP) is 4.35. The molecule has 0 aliphatic carbocycles. The van der Waals surface area contributed by atoms with Gasteiger partial charge in [-0.3, -0.25) is 4.79 Å². The van der Waals surface area contributed by atoms with Gasteiger partial charge in [0.05, 0.1) is 24.0 Å². The second-order valence-corrected chi connectivity index (χ2v) is 8.13. The SMILES string of the molecule is COc1ccc(OCc2c(C(=O)Nc3ccc(N4CCCCC4)c4nonc34)noc2C)cc1. The molecule has 1 fully saturated rings. The molecule has 1 N–H and O–H groups in total. The molecule has 1 aliphatic rings. The number of methoxy groups -OCH3 is 1. The molecule has 1 aliphatic heterocycles. The van der Waals surface area contributed by atoms with Gasteiger partial charge in [0, 0.05) is 13.1 Å². The van der Waals surface area contributed by atoms with Gasteiger partial charge in [0.2, 0.25) is 0 Å². The maximum atomic E-state index is 13.1. The molecule has 1 saturated heterocycles. The molecule has 0 spiro atoms. The van der Waals surface area contributed by atoms with Gasteiger partial charge in [-0.25, -0.2) is 4.63 Å². The molecular formula is C24H25N5O5. The number of piperidine rings is 1. The van der Waals surface area contributed by atoms with Crippen LogP contribution in [0.4, 0.5) is 11.4 Å². The summed E-state index contributed by atoms with van der Waals surface area (Å²) in [5.41, 5.74) is 3.28. The number of carbonyl (C=O) groups excluding carboxylic acids is 1. The molecule has 0 radical (unpaired) electrons. The van der Waals surface area contributed by atoms with Crippen LogP contribution in [0.1, 0.15) is 41.1 Å². The lowest BCUT2D eigenvalue weighted by Crippen LogP contribution is -2.29. The van der Waals surface area contributed by atoms with E-state index >= 15 is 0 Å². The van der Waals surface area contributed by atoms with Crippen LogP contribution in [0.25, 0.3) is 11.0 Å². The van der Waals surface area contributed by atoms with Gasteiger partial charge < -0.3 is 24.2 Å². The molecule has 4 aromatic rings. The number of amides is 1. The zero-order chi connectivity index (χ0) is 23.5. The molecule has 0 unspecified atom stereocenters. The van der Waals surface area contributed by atoms with E-state index < -0.39 is 5.91 Å². The van der Waals surface area contributed by atoms with Gasteiger partial charge in [0.1, 0.15) is 23.9 Å². The minimum absolute atomic E-state index is 0.124. The fraction of sp³-hybridized carbons (Fsp3) is 0.333. The van der Waals surface area contributed by atoms with E-state index in [2.05, 4.69) is 25.7 Å². The van der Waals surface area contributed by atoms with E-state index in [1.54, 1.807) is 38.3 Å². The van der Waals surface area contributed by atoms with Crippen molar-refractivity contribution in [2.75, 3.05) is 30.4 Å². The van der Waals surface area contributed by atoms with E-state index in [0.717, 1.165) is 37.4 Å². The smallest absolute Gasteiger partial charge is 0.278 e. The number of aryl methyl sites for hydroxylation is 1. The van der Waals surface area contributed by atoms with E-state index in [4.69, 9.17) is 18.6 Å². The van der Waals surface area contributed by atoms with Crippen LogP contribution in [-0.2, 0) is 6.61 Å². The normalized spacial score (nSPS) is 13.8. The third-order valence-electron chi connectivity index (χ3n) is 5.98. The lowest BCUT2D eigenvalue weighted by atomic mass is 10.1. The van der Waals surface area contributed by atoms with Crippen molar-refractivity contribution in [1.82, 2.24) is 15.5 Å². The van der Waals surface area contributed by atoms with Crippen LogP contribution in [0.3, 0.4) is 0 Å². The molecule has 0 saturated carbocycles. The van der Waals surface area contributed by atoms with E-state index in [-0.39, 0.29) is 12.3 Å². The topological polar surface area (TPSA) is 116 Å². The second-order valence-electron chi connectivity index (χ2n) is 8.13. The number of anilines is 2. The number of ether oxygens (including phenoxy) is 2. The Bertz CT molecular complexity index is 1290. The fourth-order valence-electron chi connectivity index (χ4n) is 4.09. The Balaban J connectivity index is 1.34. The maximum Gasteiger partial charge on any atom is 0.278 e. The van der Waals surface area contributed by atoms with E-state index in [1.165, 1.54) is 6.42 Å². The van der Waals surface area contributed by atoms with Crippen molar-refractivity contribution >= 4 is 28.3 Å². The Labute approximate surface area is 195 Å². The summed E-state index contributed by atoms with van der Waals surface area (Å²) in [5.74, 6) is 1.44. The zero-order valence-corrected chi connectivity index (χ0v) is 19.0. The summed E-state index contributed by atoms with van der Waals surface area (Å²) in [6.45, 7) is 3.79. The van der Waals surface area contributed by atoms with Crippen LogP contribution in [0, 0.1) is 6.92 Å². The van der Waals surface area contributed by atoms with Gasteiger partial charge in [-0.15, -0.1) is 0 Å². The van der Waals surface area contributed by atoms with Crippen LogP contribution in [0.5, 0.6) is 11.5 Å². The first-order chi connectivity index (χ1) is 16.6. The highest BCUT2D eigenvalue weighted by molar-refractivity contribution is 6.09. The molecule has 1 amide bonds. The molecule has 0 atom stereocenters. The van der Waals surface area contributed by atoms with Crippen LogP contribution >= 0.6 is 0 Å². The molecule has 2 aromatic carbocycles. The van der Waals surface area contributed by atoms with E-state index in [1.807, 2.05) is 12.1 Å². The molecule has 10 heteroatoms. The Kier molecular flexibility index (Phi) is 6.03. The molecule has 5 rings (SSSR count). The highest BCUT2D eigenvalue weighted by Crippen LogP contribution is 2.32. The zero-order valence-electron chi connectivity index (χ0n) is 19.0. The number of nitrogens with one attached hydrogen (secondary N) is 1. The van der Waals surface area contributed by atoms with Crippen molar-refractivity contribution in [3.05, 3.63) is 53.4 Å². The number of benzene rings is 2. The van der Waals surface area contributed by atoms with Crippen molar-refractivity contribution in [3.63, 3.8) is 0 Å². The van der Waals surface area contributed by atoms with Crippen molar-refractivity contribution in [2.45, 2.75) is 32.8 Å². The Morgan fingerprint density at radius 2 is 1.74 bits per heavy atom. The number of hydrogen-bond acceptors (Lipinski definition) is 9. The summed E-state index contributed by atoms with van der Waals surface area (Å²) < 4.78 is 21.3. The van der Waals surface area contributed by atoms with E-state index in [9.17, 15) is 4.79 Å². The molecule has 34 heavy (non-hydrogen) atoms. The molecular weight excluding hydrogens is 438 g/mol. The Morgan fingerprint density at radius 1 is 1.00 bits per heavy atom. The first-order valence-corrected chi connectivity index (χ1v) is 11.2. The average molecular weight is 463 g/mol. The standard InChI is InChI=1S/C24H25N5O5/c1-15-18(14-32-17-8-6-16(31-2)7-9-17)21(26-33-15)24(30)25-19-10-11-20(23-22(19)27-34-28-23)29-12-4-3-5-13-29/h6-11H,3-5,12-14H2,1-2H3,(H,25,30). The highest BCUT2D eigenvalue weighted by Gasteiger charge is 2.24. The van der Waals surface area contributed by atoms with Gasteiger partial charge >= 0.3 is 0 Å². The summed E-state index contributed by atoms with van der Waals surface area (Å²) >= 11 is 0. The number of aromatic nitrogens is 3. The van der Waals surface area contributed by atoms with Crippen molar-refractivity contribution in [3.8, 4) is 11.5 Å². The second kappa shape index (κ2) is 9.42. The monoisotopic (exact) mass is 463 g/mol. The van der Waals surface area contributed by atoms with Gasteiger partial charge in [-0.05, 0) is 72.9 Å². The fourth-order valence-corrected chi connectivity index (χ4v) is 4.09. The lowest BCUT2D eigenvalue weighted by Gasteiger charge is -2.28. The molecule has 2 aromatic heterocycles. The Hall–Kier alpha value is -4.08. The number of carbonyl (C=O) groups is 1. The number of rotatable bonds is 7. The quantitative estimate of drug-likeness (QED) is 0.427. The van der Waals surface area contributed by atoms with Crippen molar-refractivity contribution < 1.29 is 23.4 Å². The minimum atomic E-state index is -0.430. The molecule has 0 bridgehead atoms. The van der Waals surface area contributed by atoms with E-state index in [0.29, 0.717) is 33.8 Å². The highest BCUT2D eigenvalue weighted by atomic mass is 16.6. The van der Waals surface area contributed by atoms with Crippen LogP contribution < -0.4 is 19.7 Å². The lowest BCUT2D eigenvalue weighted by molar-refractivity contribution is 0.101. The van der Waals surface area contributed by atoms with Gasteiger partial charge in [-0.1, -0.05) is 5.16 Å². The van der Waals surface area contributed by atoms with Crippen molar-refractivity contribution in [2.24, 2.45) is 0 Å². The van der Waals surface area contributed by atoms with Crippen molar-refractivity contribution in [1.29, 1.82) is 0 Å².